The third-order valence-electron chi connectivity index (χ3n) is 6.06. The third kappa shape index (κ3) is 8.42. The van der Waals surface area contributed by atoms with Crippen molar-refractivity contribution >= 4 is 52.9 Å². The highest BCUT2D eigenvalue weighted by molar-refractivity contribution is 8.00. The summed E-state index contributed by atoms with van der Waals surface area (Å²) in [4.78, 5) is 50.8. The zero-order valence-electron chi connectivity index (χ0n) is 23.0. The Hall–Kier alpha value is -5.15. The van der Waals surface area contributed by atoms with Crippen molar-refractivity contribution in [2.24, 2.45) is 0 Å². The number of hydrogen-bond donors (Lipinski definition) is 4. The lowest BCUT2D eigenvalue weighted by atomic mass is 10.1. The Morgan fingerprint density at radius 1 is 0.762 bits per heavy atom. The summed E-state index contributed by atoms with van der Waals surface area (Å²) in [6.45, 7) is 3.69. The first kappa shape index (κ1) is 29.8. The van der Waals surface area contributed by atoms with Gasteiger partial charge < -0.3 is 21.1 Å². The van der Waals surface area contributed by atoms with E-state index in [0.29, 0.717) is 16.9 Å². The van der Waals surface area contributed by atoms with E-state index in [0.717, 1.165) is 16.0 Å². The molecule has 0 aromatic heterocycles. The fraction of sp³-hybridized carbons (Fsp3) is 0.0909. The molecule has 1 atom stereocenters. The average Bonchev–Trinajstić information content (AvgIpc) is 2.97. The van der Waals surface area contributed by atoms with E-state index in [-0.39, 0.29) is 17.2 Å². The van der Waals surface area contributed by atoms with E-state index in [2.05, 4.69) is 16.0 Å². The minimum absolute atomic E-state index is 0.0779. The highest BCUT2D eigenvalue weighted by Gasteiger charge is 2.18. The summed E-state index contributed by atoms with van der Waals surface area (Å²) in [6.07, 6.45) is 1.62. The van der Waals surface area contributed by atoms with Crippen LogP contribution in [-0.4, -0.2) is 34.0 Å². The van der Waals surface area contributed by atoms with Gasteiger partial charge in [0.25, 0.3) is 11.8 Å². The Labute approximate surface area is 247 Å². The van der Waals surface area contributed by atoms with Gasteiger partial charge in [0.05, 0.1) is 10.8 Å². The van der Waals surface area contributed by atoms with Crippen molar-refractivity contribution in [3.8, 4) is 0 Å². The van der Waals surface area contributed by atoms with Gasteiger partial charge >= 0.3 is 5.97 Å². The van der Waals surface area contributed by atoms with E-state index in [4.69, 9.17) is 5.11 Å². The molecule has 4 aromatic rings. The number of thioether (sulfide) groups is 1. The molecule has 8 nitrogen and oxygen atoms in total. The van der Waals surface area contributed by atoms with Crippen LogP contribution in [0.5, 0.6) is 0 Å². The van der Waals surface area contributed by atoms with Gasteiger partial charge in [0.2, 0.25) is 5.91 Å². The van der Waals surface area contributed by atoms with Gasteiger partial charge in [-0.1, -0.05) is 54.1 Å². The molecule has 0 saturated heterocycles. The van der Waals surface area contributed by atoms with E-state index >= 15 is 0 Å². The number of rotatable bonds is 10. The van der Waals surface area contributed by atoms with Crippen molar-refractivity contribution < 1.29 is 24.3 Å². The van der Waals surface area contributed by atoms with Gasteiger partial charge in [-0.3, -0.25) is 14.4 Å². The Balaban J connectivity index is 1.46. The van der Waals surface area contributed by atoms with Crippen molar-refractivity contribution in [3.63, 3.8) is 0 Å². The first-order valence-electron chi connectivity index (χ1n) is 13.0. The predicted octanol–water partition coefficient (Wildman–Crippen LogP) is 6.22. The second kappa shape index (κ2) is 14.0. The molecule has 4 aromatic carbocycles. The second-order valence-corrected chi connectivity index (χ2v) is 10.8. The van der Waals surface area contributed by atoms with Gasteiger partial charge in [-0.05, 0) is 80.1 Å². The normalized spacial score (nSPS) is 11.7. The molecular weight excluding hydrogens is 550 g/mol. The van der Waals surface area contributed by atoms with Crippen LogP contribution >= 0.6 is 11.8 Å². The van der Waals surface area contributed by atoms with Crippen molar-refractivity contribution in [1.82, 2.24) is 5.32 Å². The smallest absolute Gasteiger partial charge is 0.335 e. The lowest BCUT2D eigenvalue weighted by Crippen LogP contribution is -2.30. The molecule has 42 heavy (non-hydrogen) atoms. The number of benzene rings is 4. The van der Waals surface area contributed by atoms with E-state index < -0.39 is 23.0 Å². The third-order valence-corrected chi connectivity index (χ3v) is 7.15. The molecule has 3 amide bonds. The van der Waals surface area contributed by atoms with Gasteiger partial charge in [0.1, 0.15) is 5.70 Å². The number of carboxylic acids is 1. The maximum Gasteiger partial charge on any atom is 0.335 e. The SMILES string of the molecule is Cc1cccc(/C=C(/NC(=O)c2ccccc2)C(=O)Nc2cccc(SC(C)C(=O)Nc3ccc(C(=O)O)cc3)c2)c1. The standard InChI is InChI=1S/C33H29N3O5S/c1-21-8-6-9-23(18-21)19-29(36-31(38)24-10-4-3-5-11-24)32(39)35-27-12-7-13-28(20-27)42-22(2)30(37)34-26-16-14-25(15-17-26)33(40)41/h3-20,22H,1-2H3,(H,34,37)(H,35,39)(H,36,38)(H,40,41)/b29-19+. The molecule has 0 aliphatic carbocycles. The molecule has 212 valence electrons. The summed E-state index contributed by atoms with van der Waals surface area (Å²) >= 11 is 1.30. The predicted molar refractivity (Wildman–Crippen MR) is 165 cm³/mol. The minimum atomic E-state index is -1.04. The topological polar surface area (TPSA) is 125 Å². The van der Waals surface area contributed by atoms with Crippen LogP contribution in [0.15, 0.2) is 114 Å². The highest BCUT2D eigenvalue weighted by Crippen LogP contribution is 2.27. The molecule has 4 rings (SSSR count). The quantitative estimate of drug-likeness (QED) is 0.131. The number of carbonyl (C=O) groups excluding carboxylic acids is 3. The van der Waals surface area contributed by atoms with Gasteiger partial charge in [0, 0.05) is 21.8 Å². The maximum absolute atomic E-state index is 13.4. The Morgan fingerprint density at radius 2 is 1.48 bits per heavy atom. The van der Waals surface area contributed by atoms with Crippen LogP contribution in [0, 0.1) is 6.92 Å². The summed E-state index contributed by atoms with van der Waals surface area (Å²) in [7, 11) is 0. The summed E-state index contributed by atoms with van der Waals surface area (Å²) in [6, 6.07) is 29.2. The van der Waals surface area contributed by atoms with Gasteiger partial charge in [-0.25, -0.2) is 4.79 Å². The van der Waals surface area contributed by atoms with Crippen LogP contribution in [0.2, 0.25) is 0 Å². The lowest BCUT2D eigenvalue weighted by Gasteiger charge is -2.14. The molecule has 4 N–H and O–H groups in total. The summed E-state index contributed by atoms with van der Waals surface area (Å²) < 4.78 is 0. The zero-order chi connectivity index (χ0) is 30.1. The minimum Gasteiger partial charge on any atom is -0.478 e. The number of carboxylic acid groups (broad SMARTS) is 1. The molecule has 0 heterocycles. The molecule has 0 aliphatic rings. The number of aryl methyl sites for hydroxylation is 1. The largest absolute Gasteiger partial charge is 0.478 e. The average molecular weight is 580 g/mol. The van der Waals surface area contributed by atoms with Crippen LogP contribution < -0.4 is 16.0 Å². The second-order valence-electron chi connectivity index (χ2n) is 9.41. The van der Waals surface area contributed by atoms with Gasteiger partial charge in [0.15, 0.2) is 0 Å². The Kier molecular flexibility index (Phi) is 9.91. The van der Waals surface area contributed by atoms with E-state index in [1.54, 1.807) is 61.5 Å². The van der Waals surface area contributed by atoms with Crippen molar-refractivity contribution in [2.45, 2.75) is 24.0 Å². The maximum atomic E-state index is 13.4. The molecule has 1 unspecified atom stereocenters. The van der Waals surface area contributed by atoms with Crippen LogP contribution in [0.3, 0.4) is 0 Å². The van der Waals surface area contributed by atoms with Crippen molar-refractivity contribution in [2.75, 3.05) is 10.6 Å². The molecule has 0 radical (unpaired) electrons. The van der Waals surface area contributed by atoms with Crippen LogP contribution in [0.1, 0.15) is 38.8 Å². The number of carbonyl (C=O) groups is 4. The summed E-state index contributed by atoms with van der Waals surface area (Å²) in [5.41, 5.74) is 3.38. The first-order valence-corrected chi connectivity index (χ1v) is 13.9. The number of nitrogens with one attached hydrogen (secondary N) is 3. The number of aromatic carboxylic acids is 1. The first-order chi connectivity index (χ1) is 20.2. The Bertz CT molecular complexity index is 1640. The van der Waals surface area contributed by atoms with E-state index in [9.17, 15) is 19.2 Å². The highest BCUT2D eigenvalue weighted by atomic mass is 32.2. The molecular formula is C33H29N3O5S. The van der Waals surface area contributed by atoms with Crippen LogP contribution in [0.4, 0.5) is 11.4 Å². The summed E-state index contributed by atoms with van der Waals surface area (Å²) in [5, 5.41) is 16.9. The van der Waals surface area contributed by atoms with Crippen LogP contribution in [0.25, 0.3) is 6.08 Å². The van der Waals surface area contributed by atoms with Gasteiger partial charge in [-0.15, -0.1) is 11.8 Å². The van der Waals surface area contributed by atoms with Crippen LogP contribution in [-0.2, 0) is 9.59 Å². The Morgan fingerprint density at radius 3 is 2.17 bits per heavy atom. The monoisotopic (exact) mass is 579 g/mol. The number of anilines is 2. The van der Waals surface area contributed by atoms with E-state index in [1.807, 2.05) is 37.3 Å². The molecule has 0 saturated carbocycles. The van der Waals surface area contributed by atoms with Crippen molar-refractivity contribution in [3.05, 3.63) is 131 Å². The fourth-order valence-corrected chi connectivity index (χ4v) is 4.84. The fourth-order valence-electron chi connectivity index (χ4n) is 3.91. The van der Waals surface area contributed by atoms with Gasteiger partial charge in [-0.2, -0.15) is 0 Å². The molecule has 0 bridgehead atoms. The number of amides is 3. The summed E-state index contributed by atoms with van der Waals surface area (Å²) in [5.74, 6) is -2.21. The van der Waals surface area contributed by atoms with Crippen molar-refractivity contribution in [1.29, 1.82) is 0 Å². The molecule has 0 aliphatic heterocycles. The number of hydrogen-bond acceptors (Lipinski definition) is 5. The molecule has 0 spiro atoms. The lowest BCUT2D eigenvalue weighted by molar-refractivity contribution is -0.115. The van der Waals surface area contributed by atoms with E-state index in [1.165, 1.54) is 36.0 Å². The zero-order valence-corrected chi connectivity index (χ0v) is 23.8. The molecule has 9 heteroatoms. The molecule has 0 fully saturated rings.